The zero-order valence-corrected chi connectivity index (χ0v) is 11.0. The molecule has 1 aromatic rings. The van der Waals surface area contributed by atoms with E-state index in [2.05, 4.69) is 32.2 Å². The van der Waals surface area contributed by atoms with E-state index in [1.165, 1.54) is 41.0 Å². The molecule has 0 radical (unpaired) electrons. The number of rotatable bonds is 7. The molecule has 0 unspecified atom stereocenters. The van der Waals surface area contributed by atoms with E-state index in [0.717, 1.165) is 13.1 Å². The van der Waals surface area contributed by atoms with Crippen molar-refractivity contribution in [2.75, 3.05) is 6.54 Å². The van der Waals surface area contributed by atoms with Crippen LogP contribution in [-0.4, -0.2) is 6.54 Å². The maximum atomic E-state index is 3.51. The van der Waals surface area contributed by atoms with Crippen LogP contribution in [0.15, 0.2) is 6.07 Å². The Kier molecular flexibility index (Phi) is 5.96. The summed E-state index contributed by atoms with van der Waals surface area (Å²) in [6.45, 7) is 8.85. The first-order valence-corrected chi connectivity index (χ1v) is 6.82. The van der Waals surface area contributed by atoms with Gasteiger partial charge in [0, 0.05) is 16.3 Å². The van der Waals surface area contributed by atoms with Crippen molar-refractivity contribution in [3.8, 4) is 0 Å². The fourth-order valence-electron chi connectivity index (χ4n) is 1.63. The molecule has 0 aromatic carbocycles. The highest BCUT2D eigenvalue weighted by Gasteiger charge is 2.00. The van der Waals surface area contributed by atoms with Gasteiger partial charge in [0.05, 0.1) is 0 Å². The summed E-state index contributed by atoms with van der Waals surface area (Å²) in [5, 5.41) is 3.51. The van der Waals surface area contributed by atoms with Gasteiger partial charge in [-0.25, -0.2) is 0 Å². The van der Waals surface area contributed by atoms with Crippen molar-refractivity contribution in [2.24, 2.45) is 0 Å². The molecule has 0 saturated carbocycles. The minimum absolute atomic E-state index is 1.05. The number of nitrogens with one attached hydrogen (secondary N) is 1. The van der Waals surface area contributed by atoms with Crippen molar-refractivity contribution in [3.05, 3.63) is 21.4 Å². The van der Waals surface area contributed by atoms with Crippen molar-refractivity contribution in [2.45, 2.75) is 53.0 Å². The lowest BCUT2D eigenvalue weighted by atomic mass is 10.2. The maximum Gasteiger partial charge on any atom is 0.0299 e. The molecule has 1 heterocycles. The van der Waals surface area contributed by atoms with Gasteiger partial charge in [-0.15, -0.1) is 11.3 Å². The number of thiophene rings is 1. The zero-order chi connectivity index (χ0) is 11.1. The lowest BCUT2D eigenvalue weighted by molar-refractivity contribution is 0.600. The van der Waals surface area contributed by atoms with E-state index in [-0.39, 0.29) is 0 Å². The molecule has 1 nitrogen and oxygen atoms in total. The summed E-state index contributed by atoms with van der Waals surface area (Å²) >= 11 is 1.92. The maximum absolute atomic E-state index is 3.51. The van der Waals surface area contributed by atoms with E-state index in [9.17, 15) is 0 Å². The highest BCUT2D eigenvalue weighted by Crippen LogP contribution is 2.20. The summed E-state index contributed by atoms with van der Waals surface area (Å²) in [5.74, 6) is 0. The fourth-order valence-corrected chi connectivity index (χ4v) is 2.65. The van der Waals surface area contributed by atoms with Gasteiger partial charge in [0.15, 0.2) is 0 Å². The van der Waals surface area contributed by atoms with Crippen molar-refractivity contribution in [3.63, 3.8) is 0 Å². The lowest BCUT2D eigenvalue weighted by Crippen LogP contribution is -2.13. The zero-order valence-electron chi connectivity index (χ0n) is 10.2. The first-order chi connectivity index (χ1) is 7.24. The van der Waals surface area contributed by atoms with Crippen LogP contribution in [0.1, 0.15) is 47.9 Å². The van der Waals surface area contributed by atoms with Crippen molar-refractivity contribution in [1.29, 1.82) is 0 Å². The van der Waals surface area contributed by atoms with Crippen LogP contribution in [0.3, 0.4) is 0 Å². The first-order valence-electron chi connectivity index (χ1n) is 6.00. The molecule has 0 aliphatic heterocycles. The van der Waals surface area contributed by atoms with E-state index < -0.39 is 0 Å². The molecule has 86 valence electrons. The number of unbranched alkanes of at least 4 members (excludes halogenated alkanes) is 3. The number of aryl methyl sites for hydroxylation is 2. The Balaban J connectivity index is 2.10. The third kappa shape index (κ3) is 4.80. The predicted molar refractivity (Wildman–Crippen MR) is 69.6 cm³/mol. The molecule has 0 bridgehead atoms. The Morgan fingerprint density at radius 1 is 1.20 bits per heavy atom. The Morgan fingerprint density at radius 3 is 2.60 bits per heavy atom. The van der Waals surface area contributed by atoms with Crippen LogP contribution >= 0.6 is 11.3 Å². The predicted octanol–water partition coefficient (Wildman–Crippen LogP) is 4.03. The second-order valence-electron chi connectivity index (χ2n) is 4.19. The van der Waals surface area contributed by atoms with Crippen molar-refractivity contribution < 1.29 is 0 Å². The van der Waals surface area contributed by atoms with Crippen LogP contribution in [0.2, 0.25) is 0 Å². The topological polar surface area (TPSA) is 12.0 Å². The van der Waals surface area contributed by atoms with Crippen LogP contribution in [0, 0.1) is 13.8 Å². The summed E-state index contributed by atoms with van der Waals surface area (Å²) in [6, 6.07) is 2.30. The molecule has 0 aliphatic carbocycles. The van der Waals surface area contributed by atoms with E-state index in [1.54, 1.807) is 0 Å². The molecular formula is C13H23NS. The monoisotopic (exact) mass is 225 g/mol. The van der Waals surface area contributed by atoms with E-state index in [1.807, 2.05) is 11.3 Å². The minimum atomic E-state index is 1.05. The molecule has 2 heteroatoms. The average molecular weight is 225 g/mol. The molecule has 1 aromatic heterocycles. The Bertz CT molecular complexity index is 259. The number of hydrogen-bond acceptors (Lipinski definition) is 2. The van der Waals surface area contributed by atoms with Gasteiger partial charge in [-0.05, 0) is 38.4 Å². The average Bonchev–Trinajstić information content (AvgIpc) is 2.52. The standard InChI is InChI=1S/C13H23NS/c1-4-5-6-7-8-14-10-13-9-11(2)12(3)15-13/h9,14H,4-8,10H2,1-3H3. The summed E-state index contributed by atoms with van der Waals surface area (Å²) in [5.41, 5.74) is 1.43. The molecule has 0 saturated heterocycles. The first kappa shape index (κ1) is 12.7. The quantitative estimate of drug-likeness (QED) is 0.691. The summed E-state index contributed by atoms with van der Waals surface area (Å²) < 4.78 is 0. The molecular weight excluding hydrogens is 202 g/mol. The largest absolute Gasteiger partial charge is 0.312 e. The molecule has 15 heavy (non-hydrogen) atoms. The SMILES string of the molecule is CCCCCCNCc1cc(C)c(C)s1. The highest BCUT2D eigenvalue weighted by atomic mass is 32.1. The smallest absolute Gasteiger partial charge is 0.0299 e. The van der Waals surface area contributed by atoms with E-state index >= 15 is 0 Å². The molecule has 1 N–H and O–H groups in total. The van der Waals surface area contributed by atoms with E-state index in [4.69, 9.17) is 0 Å². The molecule has 0 spiro atoms. The molecule has 1 rings (SSSR count). The van der Waals surface area contributed by atoms with Gasteiger partial charge in [0.25, 0.3) is 0 Å². The van der Waals surface area contributed by atoms with Gasteiger partial charge >= 0.3 is 0 Å². The third-order valence-electron chi connectivity index (χ3n) is 2.72. The van der Waals surface area contributed by atoms with Gasteiger partial charge in [0.1, 0.15) is 0 Å². The van der Waals surface area contributed by atoms with E-state index in [0.29, 0.717) is 0 Å². The second kappa shape index (κ2) is 7.02. The van der Waals surface area contributed by atoms with Gasteiger partial charge in [-0.2, -0.15) is 0 Å². The van der Waals surface area contributed by atoms with Crippen molar-refractivity contribution in [1.82, 2.24) is 5.32 Å². The van der Waals surface area contributed by atoms with Gasteiger partial charge < -0.3 is 5.32 Å². The Hall–Kier alpha value is -0.340. The lowest BCUT2D eigenvalue weighted by Gasteiger charge is -2.02. The van der Waals surface area contributed by atoms with Crippen LogP contribution in [0.4, 0.5) is 0 Å². The molecule has 0 atom stereocenters. The van der Waals surface area contributed by atoms with Crippen LogP contribution in [0.25, 0.3) is 0 Å². The summed E-state index contributed by atoms with van der Waals surface area (Å²) in [4.78, 5) is 2.93. The highest BCUT2D eigenvalue weighted by molar-refractivity contribution is 7.12. The van der Waals surface area contributed by atoms with Gasteiger partial charge in [-0.1, -0.05) is 26.2 Å². The van der Waals surface area contributed by atoms with Crippen LogP contribution in [0.5, 0.6) is 0 Å². The molecule has 0 amide bonds. The Morgan fingerprint density at radius 2 is 2.00 bits per heavy atom. The summed E-state index contributed by atoms with van der Waals surface area (Å²) in [7, 11) is 0. The Labute approximate surface area is 97.9 Å². The van der Waals surface area contributed by atoms with Gasteiger partial charge in [0.2, 0.25) is 0 Å². The van der Waals surface area contributed by atoms with Gasteiger partial charge in [-0.3, -0.25) is 0 Å². The molecule has 0 fully saturated rings. The second-order valence-corrected chi connectivity index (χ2v) is 5.53. The molecule has 0 aliphatic rings. The summed E-state index contributed by atoms with van der Waals surface area (Å²) in [6.07, 6.45) is 5.38. The number of hydrogen-bond donors (Lipinski definition) is 1. The fraction of sp³-hybridized carbons (Fsp3) is 0.692. The third-order valence-corrected chi connectivity index (χ3v) is 3.88. The van der Waals surface area contributed by atoms with Crippen LogP contribution < -0.4 is 5.32 Å². The van der Waals surface area contributed by atoms with Crippen LogP contribution in [-0.2, 0) is 6.54 Å². The minimum Gasteiger partial charge on any atom is -0.312 e. The normalized spacial score (nSPS) is 10.9. The van der Waals surface area contributed by atoms with Crippen molar-refractivity contribution >= 4 is 11.3 Å².